The Balaban J connectivity index is 2.60. The van der Waals surface area contributed by atoms with Crippen molar-refractivity contribution in [2.45, 2.75) is 0 Å². The molecule has 2 nitrogen and oxygen atoms in total. The summed E-state index contributed by atoms with van der Waals surface area (Å²) in [5.41, 5.74) is 0.548. The van der Waals surface area contributed by atoms with Crippen molar-refractivity contribution in [2.75, 3.05) is 0 Å². The second-order valence-corrected chi connectivity index (χ2v) is 3.00. The van der Waals surface area contributed by atoms with Gasteiger partial charge in [0.05, 0.1) is 0 Å². The van der Waals surface area contributed by atoms with E-state index in [0.717, 1.165) is 6.07 Å². The van der Waals surface area contributed by atoms with E-state index in [1.165, 1.54) is 18.5 Å². The highest BCUT2D eigenvalue weighted by atomic mass is 19.2. The molecule has 76 valence electrons. The number of halogens is 2. The van der Waals surface area contributed by atoms with E-state index < -0.39 is 17.4 Å². The molecule has 0 unspecified atom stereocenters. The molecule has 1 aromatic heterocycles. The highest BCUT2D eigenvalue weighted by molar-refractivity contribution is 5.64. The summed E-state index contributed by atoms with van der Waals surface area (Å²) in [6, 6.07) is 5.66. The number of nitrogens with zero attached hydrogens (tertiary/aromatic N) is 1. The molecule has 1 aromatic carbocycles. The maximum atomic E-state index is 13.4. The molecule has 2 aromatic rings. The van der Waals surface area contributed by atoms with Gasteiger partial charge in [0.25, 0.3) is 0 Å². The Morgan fingerprint density at radius 3 is 2.53 bits per heavy atom. The third kappa shape index (κ3) is 1.66. The van der Waals surface area contributed by atoms with Crippen LogP contribution < -0.4 is 0 Å². The topological polar surface area (TPSA) is 33.1 Å². The first kappa shape index (κ1) is 9.58. The van der Waals surface area contributed by atoms with Crippen molar-refractivity contribution in [3.63, 3.8) is 0 Å². The summed E-state index contributed by atoms with van der Waals surface area (Å²) in [6.45, 7) is 0. The van der Waals surface area contributed by atoms with E-state index in [2.05, 4.69) is 4.98 Å². The van der Waals surface area contributed by atoms with Crippen LogP contribution in [0.4, 0.5) is 8.78 Å². The molecule has 0 bridgehead atoms. The van der Waals surface area contributed by atoms with Gasteiger partial charge in [-0.25, -0.2) is 4.39 Å². The average molecular weight is 207 g/mol. The van der Waals surface area contributed by atoms with Crippen molar-refractivity contribution in [2.24, 2.45) is 0 Å². The van der Waals surface area contributed by atoms with Crippen molar-refractivity contribution < 1.29 is 13.9 Å². The molecule has 0 fully saturated rings. The summed E-state index contributed by atoms with van der Waals surface area (Å²) in [7, 11) is 0. The lowest BCUT2D eigenvalue weighted by Gasteiger charge is -2.04. The zero-order valence-corrected chi connectivity index (χ0v) is 7.61. The lowest BCUT2D eigenvalue weighted by atomic mass is 10.1. The maximum absolute atomic E-state index is 13.4. The van der Waals surface area contributed by atoms with Crippen molar-refractivity contribution in [1.82, 2.24) is 4.98 Å². The minimum absolute atomic E-state index is 0.0819. The van der Waals surface area contributed by atoms with Crippen LogP contribution in [-0.4, -0.2) is 10.1 Å². The second-order valence-electron chi connectivity index (χ2n) is 3.00. The molecule has 0 aliphatic rings. The molecule has 0 aliphatic heterocycles. The molecule has 0 saturated heterocycles. The van der Waals surface area contributed by atoms with Crippen LogP contribution in [0.5, 0.6) is 5.75 Å². The first-order chi connectivity index (χ1) is 7.20. The van der Waals surface area contributed by atoms with Crippen LogP contribution >= 0.6 is 0 Å². The van der Waals surface area contributed by atoms with Crippen molar-refractivity contribution in [1.29, 1.82) is 0 Å². The van der Waals surface area contributed by atoms with Gasteiger partial charge in [-0.3, -0.25) is 4.98 Å². The molecule has 0 atom stereocenters. The standard InChI is InChI=1S/C11H7F2NO/c12-10-8(3-4-9(15)11(10)13)7-2-1-5-14-6-7/h1-6,15H. The number of phenolic OH excluding ortho intramolecular Hbond substituents is 1. The number of rotatable bonds is 1. The summed E-state index contributed by atoms with van der Waals surface area (Å²) < 4.78 is 26.4. The second kappa shape index (κ2) is 3.65. The number of aromatic hydroxyl groups is 1. The Bertz CT molecular complexity index is 485. The van der Waals surface area contributed by atoms with Crippen LogP contribution in [0.3, 0.4) is 0 Å². The molecule has 4 heteroatoms. The van der Waals surface area contributed by atoms with Crippen molar-refractivity contribution >= 4 is 0 Å². The number of pyridine rings is 1. The molecule has 0 saturated carbocycles. The van der Waals surface area contributed by atoms with Crippen LogP contribution in [0.15, 0.2) is 36.7 Å². The number of hydrogen-bond donors (Lipinski definition) is 1. The molecule has 0 spiro atoms. The summed E-state index contributed by atoms with van der Waals surface area (Å²) in [5.74, 6) is -3.00. The third-order valence-electron chi connectivity index (χ3n) is 2.03. The van der Waals surface area contributed by atoms with Crippen LogP contribution in [0.1, 0.15) is 0 Å². The van der Waals surface area contributed by atoms with E-state index in [0.29, 0.717) is 5.56 Å². The van der Waals surface area contributed by atoms with E-state index >= 15 is 0 Å². The minimum atomic E-state index is -1.24. The molecule has 1 heterocycles. The quantitative estimate of drug-likeness (QED) is 0.779. The number of aromatic nitrogens is 1. The van der Waals surface area contributed by atoms with Gasteiger partial charge in [0.1, 0.15) is 0 Å². The van der Waals surface area contributed by atoms with Gasteiger partial charge in [-0.15, -0.1) is 0 Å². The molecular formula is C11H7F2NO. The van der Waals surface area contributed by atoms with Crippen molar-refractivity contribution in [3.8, 4) is 16.9 Å². The fourth-order valence-electron chi connectivity index (χ4n) is 1.28. The largest absolute Gasteiger partial charge is 0.505 e. The Morgan fingerprint density at radius 1 is 1.07 bits per heavy atom. The number of benzene rings is 1. The van der Waals surface area contributed by atoms with E-state index in [4.69, 9.17) is 5.11 Å². The van der Waals surface area contributed by atoms with Gasteiger partial charge in [0.15, 0.2) is 11.6 Å². The van der Waals surface area contributed by atoms with Gasteiger partial charge in [-0.1, -0.05) is 6.07 Å². The van der Waals surface area contributed by atoms with Crippen LogP contribution in [0.25, 0.3) is 11.1 Å². The van der Waals surface area contributed by atoms with Gasteiger partial charge in [-0.2, -0.15) is 4.39 Å². The number of phenols is 1. The minimum Gasteiger partial charge on any atom is -0.505 e. The van der Waals surface area contributed by atoms with E-state index in [1.54, 1.807) is 12.1 Å². The normalized spacial score (nSPS) is 10.3. The maximum Gasteiger partial charge on any atom is 0.200 e. The fourth-order valence-corrected chi connectivity index (χ4v) is 1.28. The zero-order valence-electron chi connectivity index (χ0n) is 7.61. The molecule has 0 amide bonds. The van der Waals surface area contributed by atoms with Gasteiger partial charge < -0.3 is 5.11 Å². The molecule has 0 radical (unpaired) electrons. The highest BCUT2D eigenvalue weighted by Crippen LogP contribution is 2.28. The van der Waals surface area contributed by atoms with E-state index in [1.807, 2.05) is 0 Å². The van der Waals surface area contributed by atoms with E-state index in [9.17, 15) is 8.78 Å². The Morgan fingerprint density at radius 2 is 1.87 bits per heavy atom. The highest BCUT2D eigenvalue weighted by Gasteiger charge is 2.13. The molecular weight excluding hydrogens is 200 g/mol. The average Bonchev–Trinajstić information content (AvgIpc) is 2.27. The van der Waals surface area contributed by atoms with Gasteiger partial charge in [-0.05, 0) is 18.2 Å². The Hall–Kier alpha value is -1.97. The predicted octanol–water partition coefficient (Wildman–Crippen LogP) is 2.73. The van der Waals surface area contributed by atoms with Gasteiger partial charge >= 0.3 is 0 Å². The molecule has 1 N–H and O–H groups in total. The summed E-state index contributed by atoms with van der Waals surface area (Å²) in [4.78, 5) is 3.80. The molecule has 0 aliphatic carbocycles. The van der Waals surface area contributed by atoms with Crippen LogP contribution in [0, 0.1) is 11.6 Å². The monoisotopic (exact) mass is 207 g/mol. The first-order valence-electron chi connectivity index (χ1n) is 4.27. The van der Waals surface area contributed by atoms with Crippen molar-refractivity contribution in [3.05, 3.63) is 48.3 Å². The summed E-state index contributed by atoms with van der Waals surface area (Å²) in [5, 5.41) is 8.94. The van der Waals surface area contributed by atoms with Gasteiger partial charge in [0.2, 0.25) is 5.82 Å². The third-order valence-corrected chi connectivity index (χ3v) is 2.03. The summed E-state index contributed by atoms with van der Waals surface area (Å²) >= 11 is 0. The molecule has 15 heavy (non-hydrogen) atoms. The van der Waals surface area contributed by atoms with Crippen LogP contribution in [0.2, 0.25) is 0 Å². The lowest BCUT2D eigenvalue weighted by Crippen LogP contribution is -1.90. The SMILES string of the molecule is Oc1ccc(-c2cccnc2)c(F)c1F. The van der Waals surface area contributed by atoms with Gasteiger partial charge in [0, 0.05) is 23.5 Å². The van der Waals surface area contributed by atoms with E-state index in [-0.39, 0.29) is 5.56 Å². The lowest BCUT2D eigenvalue weighted by molar-refractivity contribution is 0.408. The number of hydrogen-bond acceptors (Lipinski definition) is 2. The zero-order chi connectivity index (χ0) is 10.8. The first-order valence-corrected chi connectivity index (χ1v) is 4.27. The smallest absolute Gasteiger partial charge is 0.200 e. The Kier molecular flexibility index (Phi) is 2.33. The Labute approximate surface area is 84.8 Å². The predicted molar refractivity (Wildman–Crippen MR) is 51.3 cm³/mol. The fraction of sp³-hybridized carbons (Fsp3) is 0. The molecule has 2 rings (SSSR count). The summed E-state index contributed by atoms with van der Waals surface area (Å²) in [6.07, 6.45) is 2.97. The van der Waals surface area contributed by atoms with Crippen LogP contribution in [-0.2, 0) is 0 Å².